The number of nitrogens with zero attached hydrogens (tertiary/aromatic N) is 1. The van der Waals surface area contributed by atoms with Gasteiger partial charge in [0.05, 0.1) is 10.5 Å². The van der Waals surface area contributed by atoms with Crippen molar-refractivity contribution in [2.24, 2.45) is 7.05 Å². The number of fused-ring (bicyclic) bond motifs is 1. The van der Waals surface area contributed by atoms with E-state index in [-0.39, 0.29) is 22.8 Å². The van der Waals surface area contributed by atoms with E-state index in [1.165, 1.54) is 19.2 Å². The first-order chi connectivity index (χ1) is 13.2. The van der Waals surface area contributed by atoms with Gasteiger partial charge in [-0.05, 0) is 55.4 Å². The fourth-order valence-corrected chi connectivity index (χ4v) is 3.77. The highest BCUT2D eigenvalue weighted by Crippen LogP contribution is 2.22. The number of halogens is 2. The molecule has 3 aromatic rings. The summed E-state index contributed by atoms with van der Waals surface area (Å²) in [5.41, 5.74) is 1.34. The van der Waals surface area contributed by atoms with E-state index in [0.717, 1.165) is 34.7 Å². The second kappa shape index (κ2) is 7.69. The van der Waals surface area contributed by atoms with Crippen molar-refractivity contribution in [2.45, 2.75) is 11.3 Å². The molecule has 6 nitrogen and oxygen atoms in total. The highest BCUT2D eigenvalue weighted by molar-refractivity contribution is 7.89. The molecule has 1 aromatic heterocycles. The van der Waals surface area contributed by atoms with Gasteiger partial charge in [-0.25, -0.2) is 21.9 Å². The number of aromatic nitrogens is 1. The van der Waals surface area contributed by atoms with Crippen molar-refractivity contribution in [3.63, 3.8) is 0 Å². The Balaban J connectivity index is 1.75. The van der Waals surface area contributed by atoms with Gasteiger partial charge in [0.1, 0.15) is 11.6 Å². The fraction of sp³-hybridized carbons (Fsp3) is 0.211. The summed E-state index contributed by atoms with van der Waals surface area (Å²) >= 11 is 0. The molecule has 0 aliphatic carbocycles. The number of benzene rings is 2. The van der Waals surface area contributed by atoms with Crippen molar-refractivity contribution in [2.75, 3.05) is 13.6 Å². The van der Waals surface area contributed by atoms with Crippen LogP contribution in [0.15, 0.2) is 47.5 Å². The molecular weight excluding hydrogens is 388 g/mol. The molecule has 0 aliphatic rings. The number of nitrogens with one attached hydrogen (secondary N) is 2. The van der Waals surface area contributed by atoms with Crippen LogP contribution >= 0.6 is 0 Å². The molecule has 0 radical (unpaired) electrons. The Hall–Kier alpha value is -2.78. The van der Waals surface area contributed by atoms with E-state index < -0.39 is 21.7 Å². The highest BCUT2D eigenvalue weighted by Gasteiger charge is 2.18. The summed E-state index contributed by atoms with van der Waals surface area (Å²) in [6.45, 7) is 0.177. The maximum absolute atomic E-state index is 14.0. The number of amides is 1. The van der Waals surface area contributed by atoms with Crippen LogP contribution in [0.1, 0.15) is 15.9 Å². The number of sulfonamides is 1. The van der Waals surface area contributed by atoms with Crippen molar-refractivity contribution >= 4 is 26.8 Å². The third-order valence-electron chi connectivity index (χ3n) is 4.48. The summed E-state index contributed by atoms with van der Waals surface area (Å²) in [6, 6.07) is 7.50. The van der Waals surface area contributed by atoms with Crippen LogP contribution in [-0.4, -0.2) is 32.5 Å². The average Bonchev–Trinajstić information content (AvgIpc) is 2.96. The van der Waals surface area contributed by atoms with Gasteiger partial charge in [-0.15, -0.1) is 0 Å². The van der Waals surface area contributed by atoms with E-state index in [1.54, 1.807) is 6.07 Å². The van der Waals surface area contributed by atoms with Gasteiger partial charge in [0.25, 0.3) is 5.91 Å². The summed E-state index contributed by atoms with van der Waals surface area (Å²) < 4.78 is 55.2. The van der Waals surface area contributed by atoms with Gasteiger partial charge in [0.15, 0.2) is 0 Å². The molecule has 3 rings (SSSR count). The zero-order valence-corrected chi connectivity index (χ0v) is 16.1. The summed E-state index contributed by atoms with van der Waals surface area (Å²) in [5, 5.41) is 3.32. The molecule has 0 saturated heterocycles. The standard InChI is InChI=1S/C19H19F2N3O3S/c1-22-28(26,27)14-4-5-17(21)16(10-14)19(25)23-8-7-12-11-24(2)18-6-3-13(20)9-15(12)18/h3-6,9-11,22H,7-8H2,1-2H3,(H,23,25). The lowest BCUT2D eigenvalue weighted by atomic mass is 10.1. The van der Waals surface area contributed by atoms with E-state index in [4.69, 9.17) is 0 Å². The molecule has 1 amide bonds. The maximum atomic E-state index is 14.0. The average molecular weight is 407 g/mol. The normalized spacial score (nSPS) is 11.7. The van der Waals surface area contributed by atoms with Gasteiger partial charge in [-0.2, -0.15) is 0 Å². The Morgan fingerprint density at radius 2 is 1.89 bits per heavy atom. The van der Waals surface area contributed by atoms with Crippen LogP contribution < -0.4 is 10.0 Å². The van der Waals surface area contributed by atoms with Crippen molar-refractivity contribution < 1.29 is 22.0 Å². The molecule has 9 heteroatoms. The molecular formula is C19H19F2N3O3S. The Morgan fingerprint density at radius 3 is 2.61 bits per heavy atom. The van der Waals surface area contributed by atoms with E-state index in [2.05, 4.69) is 10.0 Å². The number of carbonyl (C=O) groups is 1. The molecule has 0 spiro atoms. The van der Waals surface area contributed by atoms with Gasteiger partial charge in [-0.3, -0.25) is 4.79 Å². The highest BCUT2D eigenvalue weighted by atomic mass is 32.2. The van der Waals surface area contributed by atoms with E-state index in [1.807, 2.05) is 17.8 Å². The lowest BCUT2D eigenvalue weighted by Gasteiger charge is -2.08. The summed E-state index contributed by atoms with van der Waals surface area (Å²) in [6.07, 6.45) is 2.25. The fourth-order valence-electron chi connectivity index (χ4n) is 3.01. The molecule has 28 heavy (non-hydrogen) atoms. The SMILES string of the molecule is CNS(=O)(=O)c1ccc(F)c(C(=O)NCCc2cn(C)c3ccc(F)cc23)c1. The van der Waals surface area contributed by atoms with Crippen molar-refractivity contribution in [1.29, 1.82) is 0 Å². The molecule has 2 aromatic carbocycles. The molecule has 2 N–H and O–H groups in total. The van der Waals surface area contributed by atoms with Crippen molar-refractivity contribution in [3.05, 3.63) is 65.4 Å². The lowest BCUT2D eigenvalue weighted by Crippen LogP contribution is -2.27. The second-order valence-electron chi connectivity index (χ2n) is 6.28. The number of hydrogen-bond acceptors (Lipinski definition) is 3. The predicted octanol–water partition coefficient (Wildman–Crippen LogP) is 2.34. The monoisotopic (exact) mass is 407 g/mol. The van der Waals surface area contributed by atoms with Gasteiger partial charge in [-0.1, -0.05) is 0 Å². The maximum Gasteiger partial charge on any atom is 0.254 e. The zero-order chi connectivity index (χ0) is 20.5. The van der Waals surface area contributed by atoms with Gasteiger partial charge in [0.2, 0.25) is 10.0 Å². The van der Waals surface area contributed by atoms with E-state index in [9.17, 15) is 22.0 Å². The first kappa shape index (κ1) is 20.0. The molecule has 0 unspecified atom stereocenters. The molecule has 0 fully saturated rings. The molecule has 148 valence electrons. The third-order valence-corrected chi connectivity index (χ3v) is 5.89. The Morgan fingerprint density at radius 1 is 1.14 bits per heavy atom. The van der Waals surface area contributed by atoms with Crippen LogP contribution in [0.2, 0.25) is 0 Å². The van der Waals surface area contributed by atoms with Crippen molar-refractivity contribution in [3.8, 4) is 0 Å². The van der Waals surface area contributed by atoms with Crippen molar-refractivity contribution in [1.82, 2.24) is 14.6 Å². The van der Waals surface area contributed by atoms with Crippen LogP contribution in [0, 0.1) is 11.6 Å². The summed E-state index contributed by atoms with van der Waals surface area (Å²) in [4.78, 5) is 12.1. The van der Waals surface area contributed by atoms with Crippen LogP contribution in [0.3, 0.4) is 0 Å². The topological polar surface area (TPSA) is 80.2 Å². The smallest absolute Gasteiger partial charge is 0.254 e. The number of hydrogen-bond donors (Lipinski definition) is 2. The lowest BCUT2D eigenvalue weighted by molar-refractivity contribution is 0.0950. The Bertz CT molecular complexity index is 1160. The Kier molecular flexibility index (Phi) is 5.48. The predicted molar refractivity (Wildman–Crippen MR) is 102 cm³/mol. The number of rotatable bonds is 6. The van der Waals surface area contributed by atoms with Gasteiger partial charge < -0.3 is 9.88 Å². The molecule has 0 aliphatic heterocycles. The molecule has 1 heterocycles. The largest absolute Gasteiger partial charge is 0.352 e. The Labute approximate surface area is 161 Å². The van der Waals surface area contributed by atoms with Gasteiger partial charge >= 0.3 is 0 Å². The minimum Gasteiger partial charge on any atom is -0.352 e. The quantitative estimate of drug-likeness (QED) is 0.658. The van der Waals surface area contributed by atoms with Gasteiger partial charge in [0, 0.05) is 30.7 Å². The minimum atomic E-state index is -3.80. The number of aryl methyl sites for hydroxylation is 1. The third kappa shape index (κ3) is 3.90. The minimum absolute atomic E-state index is 0.177. The van der Waals surface area contributed by atoms with Crippen LogP contribution in [0.4, 0.5) is 8.78 Å². The van der Waals surface area contributed by atoms with E-state index >= 15 is 0 Å². The van der Waals surface area contributed by atoms with Crippen LogP contribution in [-0.2, 0) is 23.5 Å². The molecule has 0 bridgehead atoms. The molecule has 0 atom stereocenters. The van der Waals surface area contributed by atoms with E-state index in [0.29, 0.717) is 6.42 Å². The zero-order valence-electron chi connectivity index (χ0n) is 15.3. The number of carbonyl (C=O) groups excluding carboxylic acids is 1. The first-order valence-corrected chi connectivity index (χ1v) is 9.96. The summed E-state index contributed by atoms with van der Waals surface area (Å²) in [5.74, 6) is -1.90. The van der Waals surface area contributed by atoms with Crippen LogP contribution in [0.5, 0.6) is 0 Å². The second-order valence-corrected chi connectivity index (χ2v) is 8.17. The summed E-state index contributed by atoms with van der Waals surface area (Å²) in [7, 11) is -0.729. The van der Waals surface area contributed by atoms with Crippen LogP contribution in [0.25, 0.3) is 10.9 Å². The first-order valence-electron chi connectivity index (χ1n) is 8.47. The molecule has 0 saturated carbocycles.